The summed E-state index contributed by atoms with van der Waals surface area (Å²) in [7, 11) is 0. The van der Waals surface area contributed by atoms with Crippen LogP contribution in [0.4, 0.5) is 10.5 Å². The number of rotatable bonds is 6. The van der Waals surface area contributed by atoms with E-state index in [0.717, 1.165) is 4.90 Å². The number of urea groups is 1. The number of benzene rings is 3. The van der Waals surface area contributed by atoms with E-state index in [4.69, 9.17) is 5.26 Å². The number of imide groups is 1. The maximum atomic E-state index is 13.5. The molecule has 0 unspecified atom stereocenters. The zero-order valence-corrected chi connectivity index (χ0v) is 19.6. The number of carbonyl (C=O) groups excluding carboxylic acids is 2. The third-order valence-corrected chi connectivity index (χ3v) is 5.96. The van der Waals surface area contributed by atoms with Crippen molar-refractivity contribution < 1.29 is 14.5 Å². The zero-order valence-electron chi connectivity index (χ0n) is 19.6. The normalized spacial score (nSPS) is 14.0. The first-order valence-electron chi connectivity index (χ1n) is 11.3. The molecular weight excluding hydrogens is 488 g/mol. The van der Waals surface area contributed by atoms with Gasteiger partial charge < -0.3 is 5.32 Å². The number of H-pyrrole nitrogens is 1. The number of carbonyl (C=O) groups is 2. The average molecular weight is 506 g/mol. The number of nitrogens with zero attached hydrogens (tertiary/aromatic N) is 4. The Kier molecular flexibility index (Phi) is 6.12. The van der Waals surface area contributed by atoms with E-state index in [2.05, 4.69) is 10.4 Å². The van der Waals surface area contributed by atoms with E-state index in [1.165, 1.54) is 35.0 Å². The quantitative estimate of drug-likeness (QED) is 0.176. The molecular formula is C27H18N6O5. The van der Waals surface area contributed by atoms with Gasteiger partial charge in [0.05, 0.1) is 40.0 Å². The Morgan fingerprint density at radius 2 is 1.71 bits per heavy atom. The van der Waals surface area contributed by atoms with Crippen LogP contribution in [0.5, 0.6) is 0 Å². The van der Waals surface area contributed by atoms with Gasteiger partial charge >= 0.3 is 6.03 Å². The number of amides is 3. The molecule has 1 saturated heterocycles. The van der Waals surface area contributed by atoms with E-state index in [-0.39, 0.29) is 23.5 Å². The molecule has 0 saturated carbocycles. The van der Waals surface area contributed by atoms with Gasteiger partial charge in [0.1, 0.15) is 5.70 Å². The minimum atomic E-state index is -0.656. The van der Waals surface area contributed by atoms with Crippen LogP contribution < -0.4 is 10.9 Å². The molecule has 0 radical (unpaired) electrons. The highest BCUT2D eigenvalue weighted by atomic mass is 16.6. The highest BCUT2D eigenvalue weighted by Gasteiger charge is 2.34. The Morgan fingerprint density at radius 3 is 2.39 bits per heavy atom. The van der Waals surface area contributed by atoms with Crippen molar-refractivity contribution in [2.45, 2.75) is 6.54 Å². The van der Waals surface area contributed by atoms with Crippen molar-refractivity contribution >= 4 is 23.7 Å². The molecule has 1 aliphatic rings. The summed E-state index contributed by atoms with van der Waals surface area (Å²) in [5, 5.41) is 25.7. The Bertz CT molecular complexity index is 1710. The van der Waals surface area contributed by atoms with Crippen LogP contribution in [0, 0.1) is 21.4 Å². The van der Waals surface area contributed by atoms with Crippen molar-refractivity contribution in [2.75, 3.05) is 0 Å². The van der Waals surface area contributed by atoms with Gasteiger partial charge in [-0.2, -0.15) is 5.26 Å². The summed E-state index contributed by atoms with van der Waals surface area (Å²) in [5.41, 5.74) is 1.78. The van der Waals surface area contributed by atoms with Crippen LogP contribution in [0.3, 0.4) is 0 Å². The highest BCUT2D eigenvalue weighted by molar-refractivity contribution is 6.14. The lowest BCUT2D eigenvalue weighted by Gasteiger charge is -2.11. The van der Waals surface area contributed by atoms with Crippen LogP contribution in [-0.2, 0) is 11.3 Å². The number of nitro benzene ring substituents is 1. The van der Waals surface area contributed by atoms with E-state index >= 15 is 0 Å². The summed E-state index contributed by atoms with van der Waals surface area (Å²) in [6.45, 7) is -0.0523. The summed E-state index contributed by atoms with van der Waals surface area (Å²) in [5.74, 6) is -0.626. The van der Waals surface area contributed by atoms with Gasteiger partial charge in [-0.25, -0.2) is 9.48 Å². The lowest BCUT2D eigenvalue weighted by atomic mass is 10.1. The largest absolute Gasteiger partial charge is 0.329 e. The summed E-state index contributed by atoms with van der Waals surface area (Å²) >= 11 is 0. The maximum Gasteiger partial charge on any atom is 0.329 e. The lowest BCUT2D eigenvalue weighted by Crippen LogP contribution is -2.30. The van der Waals surface area contributed by atoms with Crippen molar-refractivity contribution in [2.24, 2.45) is 0 Å². The molecule has 1 aliphatic heterocycles. The molecule has 0 bridgehead atoms. The van der Waals surface area contributed by atoms with Gasteiger partial charge in [0.15, 0.2) is 0 Å². The molecule has 3 amide bonds. The Morgan fingerprint density at radius 1 is 0.974 bits per heavy atom. The van der Waals surface area contributed by atoms with Crippen LogP contribution >= 0.6 is 0 Å². The number of nitrogens with one attached hydrogen (secondary N) is 2. The molecule has 1 aromatic heterocycles. The monoisotopic (exact) mass is 506 g/mol. The van der Waals surface area contributed by atoms with Crippen molar-refractivity contribution in [3.63, 3.8) is 0 Å². The third kappa shape index (κ3) is 4.45. The minimum absolute atomic E-state index is 0.0523. The van der Waals surface area contributed by atoms with Crippen molar-refractivity contribution in [3.8, 4) is 23.0 Å². The molecule has 2 heterocycles. The zero-order chi connectivity index (χ0) is 26.8. The molecule has 11 nitrogen and oxygen atoms in total. The molecule has 0 atom stereocenters. The van der Waals surface area contributed by atoms with Crippen molar-refractivity contribution in [3.05, 3.63) is 122 Å². The van der Waals surface area contributed by atoms with Crippen LogP contribution in [0.15, 0.2) is 89.4 Å². The van der Waals surface area contributed by atoms with Gasteiger partial charge in [-0.05, 0) is 35.9 Å². The first kappa shape index (κ1) is 24.0. The molecule has 3 aromatic carbocycles. The van der Waals surface area contributed by atoms with Crippen LogP contribution in [0.2, 0.25) is 0 Å². The molecule has 38 heavy (non-hydrogen) atoms. The summed E-state index contributed by atoms with van der Waals surface area (Å²) < 4.78 is 1.21. The van der Waals surface area contributed by atoms with Crippen molar-refractivity contribution in [1.29, 1.82) is 5.26 Å². The fraction of sp³-hybridized carbons (Fsp3) is 0.0370. The topological polar surface area (TPSA) is 154 Å². The Balaban J connectivity index is 1.55. The molecule has 0 spiro atoms. The number of aromatic nitrogens is 2. The van der Waals surface area contributed by atoms with E-state index in [0.29, 0.717) is 28.1 Å². The SMILES string of the molecule is N#Cc1cccc(CN2C(=O)N/C(=C\c3c(-c4ccccc4)[nH]n(-c4ccc([N+](=O)[O-])cc4)c3=O)C2=O)c1. The Labute approximate surface area is 215 Å². The van der Waals surface area contributed by atoms with Gasteiger partial charge in [0.25, 0.3) is 17.2 Å². The van der Waals surface area contributed by atoms with Gasteiger partial charge in [-0.15, -0.1) is 0 Å². The summed E-state index contributed by atoms with van der Waals surface area (Å²) in [6.07, 6.45) is 1.31. The number of hydrogen-bond donors (Lipinski definition) is 2. The molecule has 186 valence electrons. The average Bonchev–Trinajstić information content (AvgIpc) is 3.40. The number of nitriles is 1. The van der Waals surface area contributed by atoms with E-state index in [9.17, 15) is 24.5 Å². The fourth-order valence-corrected chi connectivity index (χ4v) is 4.10. The van der Waals surface area contributed by atoms with Crippen LogP contribution in [0.1, 0.15) is 16.7 Å². The second-order valence-corrected chi connectivity index (χ2v) is 8.37. The molecule has 5 rings (SSSR count). The van der Waals surface area contributed by atoms with Crippen LogP contribution in [-0.4, -0.2) is 31.5 Å². The van der Waals surface area contributed by atoms with Gasteiger partial charge in [0.2, 0.25) is 0 Å². The highest BCUT2D eigenvalue weighted by Crippen LogP contribution is 2.25. The van der Waals surface area contributed by atoms with E-state index in [1.807, 2.05) is 12.1 Å². The summed E-state index contributed by atoms with van der Waals surface area (Å²) in [6, 6.07) is 22.3. The van der Waals surface area contributed by atoms with Crippen molar-refractivity contribution in [1.82, 2.24) is 20.0 Å². The first-order chi connectivity index (χ1) is 18.4. The maximum absolute atomic E-state index is 13.5. The molecule has 0 aliphatic carbocycles. The number of nitro groups is 1. The smallest absolute Gasteiger partial charge is 0.303 e. The standard InChI is InChI=1S/C27H18N6O5/c28-15-17-5-4-6-18(13-17)16-31-26(35)23(29-27(31)36)14-22-24(19-7-2-1-3-8-19)30-32(25(22)34)20-9-11-21(12-10-20)33(37)38/h1-14,30H,16H2,(H,29,36)/b23-14-. The summed E-state index contributed by atoms with van der Waals surface area (Å²) in [4.78, 5) is 50.7. The minimum Gasteiger partial charge on any atom is -0.303 e. The first-order valence-corrected chi connectivity index (χ1v) is 11.3. The van der Waals surface area contributed by atoms with Crippen LogP contribution in [0.25, 0.3) is 23.0 Å². The molecule has 1 fully saturated rings. The Hall–Kier alpha value is -5.76. The van der Waals surface area contributed by atoms with Gasteiger partial charge in [-0.3, -0.25) is 29.7 Å². The van der Waals surface area contributed by atoms with Gasteiger partial charge in [-0.1, -0.05) is 42.5 Å². The van der Waals surface area contributed by atoms with Gasteiger partial charge in [0, 0.05) is 17.7 Å². The number of aromatic amines is 1. The predicted molar refractivity (Wildman–Crippen MR) is 137 cm³/mol. The molecule has 4 aromatic rings. The second-order valence-electron chi connectivity index (χ2n) is 8.37. The second kappa shape index (κ2) is 9.71. The van der Waals surface area contributed by atoms with E-state index < -0.39 is 22.4 Å². The number of hydrogen-bond acceptors (Lipinski definition) is 6. The predicted octanol–water partition coefficient (Wildman–Crippen LogP) is 3.71. The fourth-order valence-electron chi connectivity index (χ4n) is 4.10. The molecule has 11 heteroatoms. The van der Waals surface area contributed by atoms with E-state index in [1.54, 1.807) is 48.5 Å². The number of non-ortho nitro benzene ring substituents is 1. The third-order valence-electron chi connectivity index (χ3n) is 5.96. The molecule has 2 N–H and O–H groups in total. The lowest BCUT2D eigenvalue weighted by molar-refractivity contribution is -0.384.